The molecule has 0 aromatic carbocycles. The first-order valence-corrected chi connectivity index (χ1v) is 5.73. The van der Waals surface area contributed by atoms with Crippen molar-refractivity contribution >= 4 is 11.9 Å². The van der Waals surface area contributed by atoms with E-state index in [-0.39, 0.29) is 6.01 Å². The third-order valence-electron chi connectivity index (χ3n) is 2.94. The third-order valence-corrected chi connectivity index (χ3v) is 2.94. The summed E-state index contributed by atoms with van der Waals surface area (Å²) in [7, 11) is 1.51. The molecule has 4 N–H and O–H groups in total. The number of nitrogen functional groups attached to an aromatic ring is 1. The van der Waals surface area contributed by atoms with Crippen LogP contribution in [0, 0.1) is 11.8 Å². The van der Waals surface area contributed by atoms with Gasteiger partial charge in [0.05, 0.1) is 7.11 Å². The Morgan fingerprint density at radius 3 is 2.65 bits per heavy atom. The number of hydrogen-bond donors (Lipinski definition) is 3. The fourth-order valence-corrected chi connectivity index (χ4v) is 1.68. The Bertz CT molecular complexity index is 359. The zero-order chi connectivity index (χ0) is 12.3. The highest BCUT2D eigenvalue weighted by molar-refractivity contribution is 5.34. The van der Waals surface area contributed by atoms with Crippen molar-refractivity contribution in [3.05, 3.63) is 0 Å². The Morgan fingerprint density at radius 2 is 2.06 bits per heavy atom. The molecule has 7 nitrogen and oxygen atoms in total. The standard InChI is InChI=1S/C10H18N6O/c1-6(7-3-4-7)5-12-8-13-9(16-11)15-10(14-8)17-2/h6-7H,3-5,11H2,1-2H3,(H2,12,13,14,15,16). The van der Waals surface area contributed by atoms with Crippen LogP contribution < -0.4 is 21.3 Å². The Kier molecular flexibility index (Phi) is 3.58. The van der Waals surface area contributed by atoms with Crippen molar-refractivity contribution in [1.29, 1.82) is 0 Å². The molecular weight excluding hydrogens is 220 g/mol. The van der Waals surface area contributed by atoms with Gasteiger partial charge in [0.1, 0.15) is 0 Å². The largest absolute Gasteiger partial charge is 0.467 e. The first kappa shape index (κ1) is 11.8. The summed E-state index contributed by atoms with van der Waals surface area (Å²) in [6, 6.07) is 0.245. The van der Waals surface area contributed by atoms with Crippen molar-refractivity contribution in [2.75, 3.05) is 24.4 Å². The van der Waals surface area contributed by atoms with Gasteiger partial charge < -0.3 is 10.1 Å². The predicted octanol–water partition coefficient (Wildman–Crippen LogP) is 0.624. The van der Waals surface area contributed by atoms with Gasteiger partial charge in [-0.25, -0.2) is 5.84 Å². The quantitative estimate of drug-likeness (QED) is 0.493. The van der Waals surface area contributed by atoms with Gasteiger partial charge in [-0.3, -0.25) is 5.43 Å². The molecule has 0 amide bonds. The monoisotopic (exact) mass is 238 g/mol. The number of aromatic nitrogens is 3. The maximum Gasteiger partial charge on any atom is 0.322 e. The summed E-state index contributed by atoms with van der Waals surface area (Å²) in [5.41, 5.74) is 2.38. The van der Waals surface area contributed by atoms with Gasteiger partial charge in [0.15, 0.2) is 0 Å². The van der Waals surface area contributed by atoms with Crippen molar-refractivity contribution in [2.45, 2.75) is 19.8 Å². The van der Waals surface area contributed by atoms with Crippen LogP contribution in [0.3, 0.4) is 0 Å². The Hall–Kier alpha value is -1.63. The van der Waals surface area contributed by atoms with E-state index in [2.05, 4.69) is 32.6 Å². The molecule has 0 spiro atoms. The van der Waals surface area contributed by atoms with Crippen LogP contribution in [0.2, 0.25) is 0 Å². The van der Waals surface area contributed by atoms with Crippen molar-refractivity contribution in [3.8, 4) is 6.01 Å². The number of hydrogen-bond acceptors (Lipinski definition) is 7. The number of rotatable bonds is 6. The minimum atomic E-state index is 0.245. The Morgan fingerprint density at radius 1 is 1.35 bits per heavy atom. The number of anilines is 2. The van der Waals surface area contributed by atoms with Crippen LogP contribution >= 0.6 is 0 Å². The molecule has 0 radical (unpaired) electrons. The molecule has 1 unspecified atom stereocenters. The van der Waals surface area contributed by atoms with Gasteiger partial charge >= 0.3 is 6.01 Å². The molecule has 1 aliphatic carbocycles. The molecule has 0 aliphatic heterocycles. The SMILES string of the molecule is COc1nc(NN)nc(NCC(C)C2CC2)n1. The van der Waals surface area contributed by atoms with E-state index in [4.69, 9.17) is 10.6 Å². The number of ether oxygens (including phenoxy) is 1. The molecular formula is C10H18N6O. The van der Waals surface area contributed by atoms with Gasteiger partial charge in [-0.1, -0.05) is 6.92 Å². The molecule has 1 heterocycles. The smallest absolute Gasteiger partial charge is 0.322 e. The molecule has 1 aromatic heterocycles. The van der Waals surface area contributed by atoms with Gasteiger partial charge in [-0.15, -0.1) is 0 Å². The predicted molar refractivity (Wildman–Crippen MR) is 64.6 cm³/mol. The fourth-order valence-electron chi connectivity index (χ4n) is 1.68. The third kappa shape index (κ3) is 3.16. The minimum Gasteiger partial charge on any atom is -0.467 e. The summed E-state index contributed by atoms with van der Waals surface area (Å²) in [6.45, 7) is 3.08. The summed E-state index contributed by atoms with van der Waals surface area (Å²) in [4.78, 5) is 12.1. The van der Waals surface area contributed by atoms with E-state index in [0.717, 1.165) is 12.5 Å². The summed E-state index contributed by atoms with van der Waals surface area (Å²) >= 11 is 0. The second kappa shape index (κ2) is 5.13. The maximum absolute atomic E-state index is 5.27. The van der Waals surface area contributed by atoms with Gasteiger partial charge in [0.2, 0.25) is 11.9 Å². The van der Waals surface area contributed by atoms with E-state index in [9.17, 15) is 0 Å². The van der Waals surface area contributed by atoms with Crippen molar-refractivity contribution in [2.24, 2.45) is 17.7 Å². The minimum absolute atomic E-state index is 0.245. The fraction of sp³-hybridized carbons (Fsp3) is 0.700. The highest BCUT2D eigenvalue weighted by Crippen LogP contribution is 2.36. The van der Waals surface area contributed by atoms with Crippen LogP contribution in [-0.4, -0.2) is 28.6 Å². The maximum atomic E-state index is 5.27. The normalized spacial score (nSPS) is 16.4. The lowest BCUT2D eigenvalue weighted by Crippen LogP contribution is -2.17. The number of nitrogens with one attached hydrogen (secondary N) is 2. The summed E-state index contributed by atoms with van der Waals surface area (Å²) < 4.78 is 4.97. The highest BCUT2D eigenvalue weighted by Gasteiger charge is 2.27. The lowest BCUT2D eigenvalue weighted by atomic mass is 10.1. The zero-order valence-electron chi connectivity index (χ0n) is 10.1. The lowest BCUT2D eigenvalue weighted by molar-refractivity contribution is 0.379. The van der Waals surface area contributed by atoms with Gasteiger partial charge in [0.25, 0.3) is 0 Å². The molecule has 1 atom stereocenters. The van der Waals surface area contributed by atoms with Gasteiger partial charge in [-0.05, 0) is 24.7 Å². The van der Waals surface area contributed by atoms with Crippen LogP contribution in [0.25, 0.3) is 0 Å². The molecule has 0 saturated heterocycles. The molecule has 1 aromatic rings. The van der Waals surface area contributed by atoms with E-state index in [1.807, 2.05) is 0 Å². The number of nitrogens with zero attached hydrogens (tertiary/aromatic N) is 3. The number of nitrogens with two attached hydrogens (primary N) is 1. The second-order valence-electron chi connectivity index (χ2n) is 4.31. The van der Waals surface area contributed by atoms with E-state index in [0.29, 0.717) is 17.8 Å². The van der Waals surface area contributed by atoms with Crippen LogP contribution in [0.15, 0.2) is 0 Å². The second-order valence-corrected chi connectivity index (χ2v) is 4.31. The van der Waals surface area contributed by atoms with Crippen molar-refractivity contribution in [3.63, 3.8) is 0 Å². The molecule has 17 heavy (non-hydrogen) atoms. The Labute approximate surface area is 100 Å². The number of hydrazine groups is 1. The van der Waals surface area contributed by atoms with Gasteiger partial charge in [-0.2, -0.15) is 15.0 Å². The summed E-state index contributed by atoms with van der Waals surface area (Å²) in [5.74, 6) is 7.52. The molecule has 2 rings (SSSR count). The van der Waals surface area contributed by atoms with Gasteiger partial charge in [0, 0.05) is 6.54 Å². The van der Waals surface area contributed by atoms with Crippen molar-refractivity contribution in [1.82, 2.24) is 15.0 Å². The lowest BCUT2D eigenvalue weighted by Gasteiger charge is -2.12. The average Bonchev–Trinajstić information content (AvgIpc) is 3.19. The van der Waals surface area contributed by atoms with E-state index < -0.39 is 0 Å². The topological polar surface area (TPSA) is 98.0 Å². The molecule has 1 fully saturated rings. The highest BCUT2D eigenvalue weighted by atomic mass is 16.5. The molecule has 94 valence electrons. The van der Waals surface area contributed by atoms with Crippen molar-refractivity contribution < 1.29 is 4.74 Å². The van der Waals surface area contributed by atoms with Crippen LogP contribution in [0.5, 0.6) is 6.01 Å². The molecule has 1 saturated carbocycles. The summed E-state index contributed by atoms with van der Waals surface area (Å²) in [5, 5.41) is 3.18. The van der Waals surface area contributed by atoms with Crippen LogP contribution in [0.1, 0.15) is 19.8 Å². The van der Waals surface area contributed by atoms with E-state index >= 15 is 0 Å². The molecule has 1 aliphatic rings. The first-order chi connectivity index (χ1) is 8.22. The van der Waals surface area contributed by atoms with E-state index in [1.54, 1.807) is 0 Å². The van der Waals surface area contributed by atoms with Crippen LogP contribution in [-0.2, 0) is 0 Å². The Balaban J connectivity index is 1.98. The molecule has 0 bridgehead atoms. The first-order valence-electron chi connectivity index (χ1n) is 5.73. The number of methoxy groups -OCH3 is 1. The van der Waals surface area contributed by atoms with Crippen LogP contribution in [0.4, 0.5) is 11.9 Å². The summed E-state index contributed by atoms with van der Waals surface area (Å²) in [6.07, 6.45) is 2.66. The van der Waals surface area contributed by atoms with E-state index in [1.165, 1.54) is 20.0 Å². The zero-order valence-corrected chi connectivity index (χ0v) is 10.1. The average molecular weight is 238 g/mol. The molecule has 7 heteroatoms.